The Morgan fingerprint density at radius 1 is 1.05 bits per heavy atom. The molecule has 0 unspecified atom stereocenters. The first-order valence-electron chi connectivity index (χ1n) is 6.56. The largest absolute Gasteiger partial charge is 0.289 e. The summed E-state index contributed by atoms with van der Waals surface area (Å²) in [7, 11) is 0. The summed E-state index contributed by atoms with van der Waals surface area (Å²) in [5, 5.41) is 1.90. The number of hydrogen-bond donors (Lipinski definition) is 0. The third kappa shape index (κ3) is 2.49. The number of aryl methyl sites for hydroxylation is 1. The van der Waals surface area contributed by atoms with Crippen molar-refractivity contribution in [3.8, 4) is 0 Å². The van der Waals surface area contributed by atoms with Crippen LogP contribution in [0.4, 0.5) is 4.39 Å². The highest BCUT2D eigenvalue weighted by Gasteiger charge is 2.16. The van der Waals surface area contributed by atoms with E-state index < -0.39 is 5.82 Å². The van der Waals surface area contributed by atoms with E-state index in [1.165, 1.54) is 6.07 Å². The Bertz CT molecular complexity index is 855. The van der Waals surface area contributed by atoms with Gasteiger partial charge in [0.2, 0.25) is 0 Å². The molecule has 21 heavy (non-hydrogen) atoms. The Kier molecular flexibility index (Phi) is 3.60. The summed E-state index contributed by atoms with van der Waals surface area (Å²) >= 11 is 3.10. The molecular formula is C18H12BrFO. The van der Waals surface area contributed by atoms with Gasteiger partial charge in [0.05, 0.1) is 4.47 Å². The predicted molar refractivity (Wildman–Crippen MR) is 86.2 cm³/mol. The molecule has 0 atom stereocenters. The van der Waals surface area contributed by atoms with Crippen LogP contribution in [0, 0.1) is 12.7 Å². The van der Waals surface area contributed by atoms with Crippen LogP contribution in [0.3, 0.4) is 0 Å². The highest BCUT2D eigenvalue weighted by molar-refractivity contribution is 9.10. The molecule has 0 aliphatic rings. The zero-order chi connectivity index (χ0) is 15.0. The number of fused-ring (bicyclic) bond motifs is 1. The quantitative estimate of drug-likeness (QED) is 0.579. The van der Waals surface area contributed by atoms with E-state index in [1.807, 2.05) is 43.3 Å². The van der Waals surface area contributed by atoms with Crippen LogP contribution in [0.5, 0.6) is 0 Å². The van der Waals surface area contributed by atoms with Gasteiger partial charge in [-0.1, -0.05) is 36.4 Å². The molecule has 3 rings (SSSR count). The molecule has 0 bridgehead atoms. The summed E-state index contributed by atoms with van der Waals surface area (Å²) in [6.45, 7) is 1.90. The number of ketones is 1. The van der Waals surface area contributed by atoms with Crippen LogP contribution < -0.4 is 0 Å². The molecule has 0 saturated carbocycles. The molecule has 104 valence electrons. The van der Waals surface area contributed by atoms with Crippen LogP contribution >= 0.6 is 15.9 Å². The topological polar surface area (TPSA) is 17.1 Å². The van der Waals surface area contributed by atoms with Crippen molar-refractivity contribution in [3.05, 3.63) is 81.6 Å². The van der Waals surface area contributed by atoms with Gasteiger partial charge in [0.1, 0.15) is 5.82 Å². The van der Waals surface area contributed by atoms with E-state index >= 15 is 0 Å². The monoisotopic (exact) mass is 342 g/mol. The third-order valence-electron chi connectivity index (χ3n) is 3.55. The molecule has 3 aromatic carbocycles. The molecule has 0 aliphatic heterocycles. The third-order valence-corrected chi connectivity index (χ3v) is 4.19. The molecule has 0 aliphatic carbocycles. The lowest BCUT2D eigenvalue weighted by Gasteiger charge is -2.10. The molecule has 1 nitrogen and oxygen atoms in total. The molecule has 0 heterocycles. The Hall–Kier alpha value is -2.00. The fraction of sp³-hybridized carbons (Fsp3) is 0.0556. The summed E-state index contributed by atoms with van der Waals surface area (Å²) in [6.07, 6.45) is 0. The van der Waals surface area contributed by atoms with E-state index in [-0.39, 0.29) is 5.78 Å². The van der Waals surface area contributed by atoms with Crippen molar-refractivity contribution >= 4 is 32.5 Å². The lowest BCUT2D eigenvalue weighted by Crippen LogP contribution is -2.05. The van der Waals surface area contributed by atoms with Crippen molar-refractivity contribution in [2.45, 2.75) is 6.92 Å². The summed E-state index contributed by atoms with van der Waals surface area (Å²) in [5.74, 6) is -0.588. The van der Waals surface area contributed by atoms with Crippen molar-refractivity contribution in [2.24, 2.45) is 0 Å². The predicted octanol–water partition coefficient (Wildman–Crippen LogP) is 5.28. The van der Waals surface area contributed by atoms with Gasteiger partial charge in [-0.2, -0.15) is 0 Å². The van der Waals surface area contributed by atoms with Crippen LogP contribution in [-0.4, -0.2) is 5.78 Å². The summed E-state index contributed by atoms with van der Waals surface area (Å²) in [5.41, 5.74) is 1.88. The van der Waals surface area contributed by atoms with Gasteiger partial charge in [0, 0.05) is 11.1 Å². The normalized spacial score (nSPS) is 10.8. The Labute approximate surface area is 130 Å². The number of benzene rings is 3. The van der Waals surface area contributed by atoms with Gasteiger partial charge in [-0.05, 0) is 57.4 Å². The van der Waals surface area contributed by atoms with E-state index in [9.17, 15) is 9.18 Å². The second-order valence-corrected chi connectivity index (χ2v) is 5.79. The highest BCUT2D eigenvalue weighted by atomic mass is 79.9. The van der Waals surface area contributed by atoms with Crippen molar-refractivity contribution in [1.82, 2.24) is 0 Å². The molecule has 0 radical (unpaired) electrons. The van der Waals surface area contributed by atoms with Crippen LogP contribution in [0.15, 0.2) is 59.1 Å². The van der Waals surface area contributed by atoms with Crippen LogP contribution in [0.25, 0.3) is 10.8 Å². The van der Waals surface area contributed by atoms with Crippen LogP contribution in [0.2, 0.25) is 0 Å². The van der Waals surface area contributed by atoms with Gasteiger partial charge in [-0.3, -0.25) is 4.79 Å². The SMILES string of the molecule is Cc1ccc2ccccc2c1C(=O)c1ccc(Br)c(F)c1. The second-order valence-electron chi connectivity index (χ2n) is 4.94. The average molecular weight is 343 g/mol. The second kappa shape index (κ2) is 5.41. The van der Waals surface area contributed by atoms with Crippen molar-refractivity contribution in [1.29, 1.82) is 0 Å². The fourth-order valence-electron chi connectivity index (χ4n) is 2.46. The van der Waals surface area contributed by atoms with Crippen molar-refractivity contribution in [2.75, 3.05) is 0 Å². The standard InChI is InChI=1S/C18H12BrFO/c1-11-6-7-12-4-2-3-5-14(12)17(11)18(21)13-8-9-15(19)16(20)10-13/h2-10H,1H3. The molecule has 3 aromatic rings. The summed E-state index contributed by atoms with van der Waals surface area (Å²) in [6, 6.07) is 16.1. The molecule has 3 heteroatoms. The minimum Gasteiger partial charge on any atom is -0.289 e. The molecule has 0 amide bonds. The van der Waals surface area contributed by atoms with Gasteiger partial charge in [0.15, 0.2) is 5.78 Å². The molecule has 0 saturated heterocycles. The van der Waals surface area contributed by atoms with E-state index in [2.05, 4.69) is 15.9 Å². The van der Waals surface area contributed by atoms with E-state index in [0.717, 1.165) is 16.3 Å². The van der Waals surface area contributed by atoms with Gasteiger partial charge in [0.25, 0.3) is 0 Å². The molecule has 0 N–H and O–H groups in total. The first kappa shape index (κ1) is 14.0. The lowest BCUT2D eigenvalue weighted by atomic mass is 9.93. The molecule has 0 aromatic heterocycles. The zero-order valence-electron chi connectivity index (χ0n) is 11.4. The number of hydrogen-bond acceptors (Lipinski definition) is 1. The van der Waals surface area contributed by atoms with Gasteiger partial charge >= 0.3 is 0 Å². The molecule has 0 spiro atoms. The van der Waals surface area contributed by atoms with E-state index in [0.29, 0.717) is 15.6 Å². The summed E-state index contributed by atoms with van der Waals surface area (Å²) < 4.78 is 14.0. The number of rotatable bonds is 2. The summed E-state index contributed by atoms with van der Waals surface area (Å²) in [4.78, 5) is 12.8. The highest BCUT2D eigenvalue weighted by Crippen LogP contribution is 2.26. The molecule has 0 fully saturated rings. The van der Waals surface area contributed by atoms with Gasteiger partial charge in [-0.25, -0.2) is 4.39 Å². The lowest BCUT2D eigenvalue weighted by molar-refractivity contribution is 0.103. The number of carbonyl (C=O) groups is 1. The van der Waals surface area contributed by atoms with Crippen LogP contribution in [0.1, 0.15) is 21.5 Å². The van der Waals surface area contributed by atoms with Crippen molar-refractivity contribution in [3.63, 3.8) is 0 Å². The maximum Gasteiger partial charge on any atom is 0.194 e. The Balaban J connectivity index is 2.21. The van der Waals surface area contributed by atoms with Gasteiger partial charge in [-0.15, -0.1) is 0 Å². The maximum atomic E-state index is 13.7. The van der Waals surface area contributed by atoms with E-state index in [4.69, 9.17) is 0 Å². The number of halogens is 2. The van der Waals surface area contributed by atoms with Crippen molar-refractivity contribution < 1.29 is 9.18 Å². The fourth-order valence-corrected chi connectivity index (χ4v) is 2.71. The zero-order valence-corrected chi connectivity index (χ0v) is 12.9. The van der Waals surface area contributed by atoms with Crippen LogP contribution in [-0.2, 0) is 0 Å². The first-order valence-corrected chi connectivity index (χ1v) is 7.35. The average Bonchev–Trinajstić information content (AvgIpc) is 2.49. The maximum absolute atomic E-state index is 13.7. The van der Waals surface area contributed by atoms with E-state index in [1.54, 1.807) is 12.1 Å². The first-order chi connectivity index (χ1) is 10.1. The minimum atomic E-state index is -0.432. The molecular weight excluding hydrogens is 331 g/mol. The Morgan fingerprint density at radius 2 is 1.81 bits per heavy atom. The smallest absolute Gasteiger partial charge is 0.194 e. The Morgan fingerprint density at radius 3 is 2.57 bits per heavy atom. The van der Waals surface area contributed by atoms with Gasteiger partial charge < -0.3 is 0 Å². The minimum absolute atomic E-state index is 0.157. The number of carbonyl (C=O) groups excluding carboxylic acids is 1.